The summed E-state index contributed by atoms with van der Waals surface area (Å²) in [5.74, 6) is -1.24. The van der Waals surface area contributed by atoms with Gasteiger partial charge in [-0.1, -0.05) is 31.2 Å². The Labute approximate surface area is 164 Å². The molecule has 2 atom stereocenters. The molecule has 1 saturated heterocycles. The summed E-state index contributed by atoms with van der Waals surface area (Å²) in [5.41, 5.74) is 2.45. The number of benzene rings is 2. The fraction of sp³-hybridized carbons (Fsp3) is 0.364. The number of hydrogen-bond acceptors (Lipinski definition) is 3. The first-order valence-corrected chi connectivity index (χ1v) is 9.46. The standard InChI is InChI=1S/C22H25FN2O3/c1-3-15-6-4-9-19(10-15)25-13-17(12-21(25)27)22(28)24(2)20(14-26)16-7-5-8-18(23)11-16/h4-11,17,20,26H,3,12-14H2,1-2H3. The number of nitrogens with zero attached hydrogens (tertiary/aromatic N) is 2. The summed E-state index contributed by atoms with van der Waals surface area (Å²) in [6.45, 7) is 2.03. The van der Waals surface area contributed by atoms with Crippen molar-refractivity contribution >= 4 is 17.5 Å². The zero-order chi connectivity index (χ0) is 20.3. The number of carbonyl (C=O) groups excluding carboxylic acids is 2. The van der Waals surface area contributed by atoms with Crippen LogP contribution in [0.2, 0.25) is 0 Å². The molecule has 1 aliphatic rings. The molecular weight excluding hydrogens is 359 g/mol. The van der Waals surface area contributed by atoms with E-state index in [1.807, 2.05) is 31.2 Å². The first-order valence-electron chi connectivity index (χ1n) is 9.46. The summed E-state index contributed by atoms with van der Waals surface area (Å²) in [6, 6.07) is 13.0. The van der Waals surface area contributed by atoms with Crippen molar-refractivity contribution in [3.8, 4) is 0 Å². The molecule has 0 spiro atoms. The number of halogens is 1. The third-order valence-corrected chi connectivity index (χ3v) is 5.33. The molecule has 3 rings (SSSR count). The van der Waals surface area contributed by atoms with Crippen molar-refractivity contribution in [2.45, 2.75) is 25.8 Å². The van der Waals surface area contributed by atoms with Gasteiger partial charge in [-0.3, -0.25) is 9.59 Å². The third-order valence-electron chi connectivity index (χ3n) is 5.33. The van der Waals surface area contributed by atoms with Crippen LogP contribution in [-0.2, 0) is 16.0 Å². The van der Waals surface area contributed by atoms with Gasteiger partial charge in [0.05, 0.1) is 18.6 Å². The molecule has 1 N–H and O–H groups in total. The van der Waals surface area contributed by atoms with Gasteiger partial charge in [0.1, 0.15) is 5.82 Å². The van der Waals surface area contributed by atoms with Crippen LogP contribution in [-0.4, -0.2) is 42.0 Å². The van der Waals surface area contributed by atoms with Crippen LogP contribution < -0.4 is 4.90 Å². The maximum Gasteiger partial charge on any atom is 0.228 e. The number of likely N-dealkylation sites (N-methyl/N-ethyl adjacent to an activating group) is 1. The van der Waals surface area contributed by atoms with E-state index in [2.05, 4.69) is 0 Å². The van der Waals surface area contributed by atoms with Gasteiger partial charge in [-0.05, 0) is 41.8 Å². The van der Waals surface area contributed by atoms with E-state index in [4.69, 9.17) is 0 Å². The van der Waals surface area contributed by atoms with Crippen molar-refractivity contribution in [1.29, 1.82) is 0 Å². The van der Waals surface area contributed by atoms with E-state index in [-0.39, 0.29) is 24.8 Å². The van der Waals surface area contributed by atoms with E-state index in [0.29, 0.717) is 12.1 Å². The molecule has 2 aromatic rings. The van der Waals surface area contributed by atoms with Crippen molar-refractivity contribution < 1.29 is 19.1 Å². The van der Waals surface area contributed by atoms with Crippen molar-refractivity contribution in [2.24, 2.45) is 5.92 Å². The normalized spacial score (nSPS) is 17.6. The van der Waals surface area contributed by atoms with Gasteiger partial charge in [-0.25, -0.2) is 4.39 Å². The van der Waals surface area contributed by atoms with Crippen LogP contribution in [0.25, 0.3) is 0 Å². The first-order chi connectivity index (χ1) is 13.4. The van der Waals surface area contributed by atoms with Gasteiger partial charge in [0.25, 0.3) is 0 Å². The summed E-state index contributed by atoms with van der Waals surface area (Å²) in [6.07, 6.45) is 0.994. The number of aryl methyl sites for hydroxylation is 1. The smallest absolute Gasteiger partial charge is 0.228 e. The Kier molecular flexibility index (Phi) is 6.09. The van der Waals surface area contributed by atoms with Crippen molar-refractivity contribution in [1.82, 2.24) is 4.90 Å². The number of anilines is 1. The lowest BCUT2D eigenvalue weighted by Crippen LogP contribution is -2.38. The highest BCUT2D eigenvalue weighted by Crippen LogP contribution is 2.29. The van der Waals surface area contributed by atoms with Crippen LogP contribution in [0, 0.1) is 11.7 Å². The molecule has 2 amide bonds. The average molecular weight is 384 g/mol. The Morgan fingerprint density at radius 1 is 1.29 bits per heavy atom. The van der Waals surface area contributed by atoms with Crippen molar-refractivity contribution in [2.75, 3.05) is 25.1 Å². The molecule has 1 aliphatic heterocycles. The van der Waals surface area contributed by atoms with Gasteiger partial charge in [0, 0.05) is 25.7 Å². The Morgan fingerprint density at radius 2 is 2.04 bits per heavy atom. The minimum atomic E-state index is -0.657. The minimum absolute atomic E-state index is 0.0914. The summed E-state index contributed by atoms with van der Waals surface area (Å²) in [4.78, 5) is 28.6. The molecule has 5 nitrogen and oxygen atoms in total. The number of rotatable bonds is 6. The highest BCUT2D eigenvalue weighted by atomic mass is 19.1. The minimum Gasteiger partial charge on any atom is -0.394 e. The Bertz CT molecular complexity index is 870. The molecule has 0 bridgehead atoms. The van der Waals surface area contributed by atoms with E-state index in [0.717, 1.165) is 17.7 Å². The second kappa shape index (κ2) is 8.52. The topological polar surface area (TPSA) is 60.9 Å². The van der Waals surface area contributed by atoms with Crippen LogP contribution in [0.1, 0.15) is 30.5 Å². The number of amides is 2. The fourth-order valence-corrected chi connectivity index (χ4v) is 3.67. The third kappa shape index (κ3) is 4.07. The average Bonchev–Trinajstić information content (AvgIpc) is 3.09. The van der Waals surface area contributed by atoms with Crippen LogP contribution >= 0.6 is 0 Å². The number of aliphatic hydroxyl groups excluding tert-OH is 1. The van der Waals surface area contributed by atoms with Crippen LogP contribution in [0.15, 0.2) is 48.5 Å². The van der Waals surface area contributed by atoms with Gasteiger partial charge < -0.3 is 14.9 Å². The second-order valence-electron chi connectivity index (χ2n) is 7.13. The lowest BCUT2D eigenvalue weighted by Gasteiger charge is -2.29. The number of hydrogen-bond donors (Lipinski definition) is 1. The maximum atomic E-state index is 13.5. The van der Waals surface area contributed by atoms with Gasteiger partial charge in [0.15, 0.2) is 0 Å². The quantitative estimate of drug-likeness (QED) is 0.833. The zero-order valence-electron chi connectivity index (χ0n) is 16.1. The van der Waals surface area contributed by atoms with Crippen molar-refractivity contribution in [3.63, 3.8) is 0 Å². The van der Waals surface area contributed by atoms with Gasteiger partial charge >= 0.3 is 0 Å². The lowest BCUT2D eigenvalue weighted by atomic mass is 10.0. The molecule has 0 aliphatic carbocycles. The molecule has 2 aromatic carbocycles. The number of carbonyl (C=O) groups is 2. The zero-order valence-corrected chi connectivity index (χ0v) is 16.1. The van der Waals surface area contributed by atoms with E-state index >= 15 is 0 Å². The predicted octanol–water partition coefficient (Wildman–Crippen LogP) is 2.93. The summed E-state index contributed by atoms with van der Waals surface area (Å²) in [5, 5.41) is 9.78. The van der Waals surface area contributed by atoms with Gasteiger partial charge in [0.2, 0.25) is 11.8 Å². The largest absolute Gasteiger partial charge is 0.394 e. The molecule has 1 fully saturated rings. The molecule has 1 heterocycles. The summed E-state index contributed by atoms with van der Waals surface area (Å²) >= 11 is 0. The van der Waals surface area contributed by atoms with Crippen molar-refractivity contribution in [3.05, 3.63) is 65.5 Å². The molecule has 148 valence electrons. The molecular formula is C22H25FN2O3. The Balaban J connectivity index is 1.76. The highest BCUT2D eigenvalue weighted by molar-refractivity contribution is 6.00. The van der Waals surface area contributed by atoms with Gasteiger partial charge in [-0.15, -0.1) is 0 Å². The SMILES string of the molecule is CCc1cccc(N2CC(C(=O)N(C)C(CO)c3cccc(F)c3)CC2=O)c1. The van der Waals surface area contributed by atoms with Crippen LogP contribution in [0.5, 0.6) is 0 Å². The van der Waals surface area contributed by atoms with Gasteiger partial charge in [-0.2, -0.15) is 0 Å². The molecule has 28 heavy (non-hydrogen) atoms. The molecule has 6 heteroatoms. The summed E-state index contributed by atoms with van der Waals surface area (Å²) < 4.78 is 13.5. The Morgan fingerprint density at radius 3 is 2.71 bits per heavy atom. The number of aliphatic hydroxyl groups is 1. The van der Waals surface area contributed by atoms with E-state index in [1.165, 1.54) is 17.0 Å². The second-order valence-corrected chi connectivity index (χ2v) is 7.13. The van der Waals surface area contributed by atoms with E-state index < -0.39 is 17.8 Å². The van der Waals surface area contributed by atoms with Crippen LogP contribution in [0.4, 0.5) is 10.1 Å². The van der Waals surface area contributed by atoms with E-state index in [9.17, 15) is 19.1 Å². The molecule has 0 radical (unpaired) electrons. The predicted molar refractivity (Wildman–Crippen MR) is 105 cm³/mol. The monoisotopic (exact) mass is 384 g/mol. The Hall–Kier alpha value is -2.73. The fourth-order valence-electron chi connectivity index (χ4n) is 3.67. The molecule has 0 aromatic heterocycles. The van der Waals surface area contributed by atoms with E-state index in [1.54, 1.807) is 24.1 Å². The molecule has 0 saturated carbocycles. The maximum absolute atomic E-state index is 13.5. The molecule has 2 unspecified atom stereocenters. The van der Waals surface area contributed by atoms with Crippen LogP contribution in [0.3, 0.4) is 0 Å². The highest BCUT2D eigenvalue weighted by Gasteiger charge is 2.38. The summed E-state index contributed by atoms with van der Waals surface area (Å²) in [7, 11) is 1.58. The lowest BCUT2D eigenvalue weighted by molar-refractivity contribution is -0.137. The first kappa shape index (κ1) is 20.0.